The van der Waals surface area contributed by atoms with E-state index in [9.17, 15) is 8.78 Å². The molecule has 1 heterocycles. The average Bonchev–Trinajstić information content (AvgIpc) is 2.60. The third-order valence-electron chi connectivity index (χ3n) is 4.18. The molecule has 2 aromatic carbocycles. The van der Waals surface area contributed by atoms with Gasteiger partial charge in [0.2, 0.25) is 5.82 Å². The molecule has 0 radical (unpaired) electrons. The van der Waals surface area contributed by atoms with Crippen LogP contribution in [0.1, 0.15) is 32.3 Å². The summed E-state index contributed by atoms with van der Waals surface area (Å²) in [5, 5.41) is 0. The average molecular weight is 330 g/mol. The van der Waals surface area contributed by atoms with E-state index in [1.54, 1.807) is 31.4 Å². The Balaban J connectivity index is 1.87. The molecule has 3 rings (SSSR count). The minimum Gasteiger partial charge on any atom is -0.498 e. The van der Waals surface area contributed by atoms with Crippen LogP contribution in [0.25, 0.3) is 16.7 Å². The summed E-state index contributed by atoms with van der Waals surface area (Å²) in [6.45, 7) is 4.06. The van der Waals surface area contributed by atoms with Gasteiger partial charge < -0.3 is 9.47 Å². The van der Waals surface area contributed by atoms with Gasteiger partial charge in [-0.3, -0.25) is 0 Å². The van der Waals surface area contributed by atoms with E-state index in [0.29, 0.717) is 12.2 Å². The Hall–Kier alpha value is -2.36. The zero-order chi connectivity index (χ0) is 17.1. The van der Waals surface area contributed by atoms with Gasteiger partial charge in [0.15, 0.2) is 11.6 Å². The Morgan fingerprint density at radius 3 is 2.38 bits per heavy atom. The molecule has 1 atom stereocenters. The molecule has 0 spiro atoms. The van der Waals surface area contributed by atoms with E-state index in [0.717, 1.165) is 24.0 Å². The molecule has 2 nitrogen and oxygen atoms in total. The predicted molar refractivity (Wildman–Crippen MR) is 90.7 cm³/mol. The topological polar surface area (TPSA) is 18.5 Å². The van der Waals surface area contributed by atoms with E-state index in [-0.39, 0.29) is 17.4 Å². The van der Waals surface area contributed by atoms with Crippen molar-refractivity contribution in [1.82, 2.24) is 0 Å². The Morgan fingerprint density at radius 2 is 1.75 bits per heavy atom. The predicted octanol–water partition coefficient (Wildman–Crippen LogP) is 5.57. The molecule has 0 aromatic heterocycles. The minimum absolute atomic E-state index is 0.0611. The second-order valence-corrected chi connectivity index (χ2v) is 5.88. The summed E-state index contributed by atoms with van der Waals surface area (Å²) in [7, 11) is 0. The van der Waals surface area contributed by atoms with Crippen molar-refractivity contribution in [3.05, 3.63) is 59.9 Å². The van der Waals surface area contributed by atoms with Crippen molar-refractivity contribution in [2.45, 2.75) is 32.8 Å². The molecule has 0 fully saturated rings. The Kier molecular flexibility index (Phi) is 4.84. The molecule has 0 saturated carbocycles. The maximum absolute atomic E-state index is 14.3. The summed E-state index contributed by atoms with van der Waals surface area (Å²) in [5.41, 5.74) is 3.02. The highest BCUT2D eigenvalue weighted by Crippen LogP contribution is 2.32. The highest BCUT2D eigenvalue weighted by atomic mass is 19.2. The highest BCUT2D eigenvalue weighted by Gasteiger charge is 2.16. The van der Waals surface area contributed by atoms with Crippen molar-refractivity contribution >= 4 is 5.57 Å². The van der Waals surface area contributed by atoms with Crippen molar-refractivity contribution in [3.8, 4) is 16.9 Å². The van der Waals surface area contributed by atoms with Crippen molar-refractivity contribution in [1.29, 1.82) is 0 Å². The fourth-order valence-electron chi connectivity index (χ4n) is 2.78. The summed E-state index contributed by atoms with van der Waals surface area (Å²) in [4.78, 5) is 0. The van der Waals surface area contributed by atoms with Gasteiger partial charge in [0.25, 0.3) is 0 Å². The number of ether oxygens (including phenoxy) is 2. The number of halogens is 2. The first-order valence-corrected chi connectivity index (χ1v) is 8.16. The van der Waals surface area contributed by atoms with Crippen LogP contribution >= 0.6 is 0 Å². The summed E-state index contributed by atoms with van der Waals surface area (Å²) >= 11 is 0. The molecule has 2 aromatic rings. The lowest BCUT2D eigenvalue weighted by molar-refractivity contribution is 0.144. The molecule has 0 amide bonds. The van der Waals surface area contributed by atoms with Gasteiger partial charge in [-0.15, -0.1) is 0 Å². The van der Waals surface area contributed by atoms with E-state index >= 15 is 0 Å². The largest absolute Gasteiger partial charge is 0.498 e. The van der Waals surface area contributed by atoms with Crippen LogP contribution in [0.2, 0.25) is 0 Å². The molecular weight excluding hydrogens is 310 g/mol. The lowest BCUT2D eigenvalue weighted by Gasteiger charge is -2.20. The van der Waals surface area contributed by atoms with Crippen LogP contribution in [0.3, 0.4) is 0 Å². The van der Waals surface area contributed by atoms with Crippen molar-refractivity contribution in [3.63, 3.8) is 0 Å². The fraction of sp³-hybridized carbons (Fsp3) is 0.300. The first-order valence-electron chi connectivity index (χ1n) is 8.16. The van der Waals surface area contributed by atoms with Gasteiger partial charge in [-0.2, -0.15) is 4.39 Å². The lowest BCUT2D eigenvalue weighted by atomic mass is 9.96. The van der Waals surface area contributed by atoms with E-state index in [4.69, 9.17) is 9.47 Å². The molecule has 1 aliphatic rings. The number of hydrogen-bond donors (Lipinski definition) is 0. The van der Waals surface area contributed by atoms with Crippen LogP contribution in [0.15, 0.2) is 42.7 Å². The van der Waals surface area contributed by atoms with Gasteiger partial charge in [0, 0.05) is 5.56 Å². The van der Waals surface area contributed by atoms with E-state index in [2.05, 4.69) is 0 Å². The van der Waals surface area contributed by atoms with Gasteiger partial charge >= 0.3 is 0 Å². The van der Waals surface area contributed by atoms with E-state index in [1.807, 2.05) is 19.1 Å². The van der Waals surface area contributed by atoms with Crippen LogP contribution < -0.4 is 4.74 Å². The quantitative estimate of drug-likeness (QED) is 0.729. The lowest BCUT2D eigenvalue weighted by Crippen LogP contribution is -2.09. The van der Waals surface area contributed by atoms with Gasteiger partial charge in [-0.25, -0.2) is 4.39 Å². The van der Waals surface area contributed by atoms with Crippen molar-refractivity contribution < 1.29 is 18.3 Å². The van der Waals surface area contributed by atoms with E-state index in [1.165, 1.54) is 6.07 Å². The summed E-state index contributed by atoms with van der Waals surface area (Å²) in [5.74, 6) is -1.90. The zero-order valence-electron chi connectivity index (χ0n) is 13.8. The monoisotopic (exact) mass is 330 g/mol. The highest BCUT2D eigenvalue weighted by molar-refractivity contribution is 5.71. The second-order valence-electron chi connectivity index (χ2n) is 5.88. The first kappa shape index (κ1) is 16.5. The maximum atomic E-state index is 14.3. The van der Waals surface area contributed by atoms with Crippen molar-refractivity contribution in [2.75, 3.05) is 6.61 Å². The van der Waals surface area contributed by atoms with Gasteiger partial charge in [0.05, 0.1) is 19.0 Å². The molecule has 0 bridgehead atoms. The molecule has 0 aliphatic carbocycles. The van der Waals surface area contributed by atoms with Gasteiger partial charge in [-0.1, -0.05) is 24.3 Å². The fourth-order valence-corrected chi connectivity index (χ4v) is 2.78. The van der Waals surface area contributed by atoms with Crippen LogP contribution in [-0.2, 0) is 4.74 Å². The zero-order valence-corrected chi connectivity index (χ0v) is 13.8. The standard InChI is InChI=1S/C20H20F2O2/c1-3-23-18-11-10-17(19(21)20(18)22)15-8-6-14(7-9-15)16-5-4-13(2)24-12-16/h6-13H,3-5H2,1-2H3. The van der Waals surface area contributed by atoms with Crippen LogP contribution in [0.4, 0.5) is 8.78 Å². The van der Waals surface area contributed by atoms with Crippen LogP contribution in [0, 0.1) is 11.6 Å². The van der Waals surface area contributed by atoms with E-state index < -0.39 is 11.6 Å². The molecule has 1 aliphatic heterocycles. The van der Waals surface area contributed by atoms with Crippen molar-refractivity contribution in [2.24, 2.45) is 0 Å². The van der Waals surface area contributed by atoms with Crippen LogP contribution in [-0.4, -0.2) is 12.7 Å². The third kappa shape index (κ3) is 3.28. The molecule has 0 N–H and O–H groups in total. The Bertz CT molecular complexity index is 751. The van der Waals surface area contributed by atoms with Gasteiger partial charge in [-0.05, 0) is 55.5 Å². The number of allylic oxidation sites excluding steroid dienone is 1. The molecule has 4 heteroatoms. The van der Waals surface area contributed by atoms with Crippen LogP contribution in [0.5, 0.6) is 5.75 Å². The first-order chi connectivity index (χ1) is 11.6. The number of hydrogen-bond acceptors (Lipinski definition) is 2. The molecular formula is C20H20F2O2. The van der Waals surface area contributed by atoms with Gasteiger partial charge in [0.1, 0.15) is 0 Å². The third-order valence-corrected chi connectivity index (χ3v) is 4.18. The number of rotatable bonds is 4. The minimum atomic E-state index is -0.948. The second kappa shape index (κ2) is 7.04. The Labute approximate surface area is 140 Å². The normalized spacial score (nSPS) is 17.2. The summed E-state index contributed by atoms with van der Waals surface area (Å²) < 4.78 is 38.9. The smallest absolute Gasteiger partial charge is 0.201 e. The molecule has 126 valence electrons. The SMILES string of the molecule is CCOc1ccc(-c2ccc(C3=COC(C)CC3)cc2)c(F)c1F. The summed E-state index contributed by atoms with van der Waals surface area (Å²) in [6, 6.07) is 10.4. The Morgan fingerprint density at radius 1 is 1.04 bits per heavy atom. The summed E-state index contributed by atoms with van der Waals surface area (Å²) in [6.07, 6.45) is 3.97. The molecule has 0 saturated heterocycles. The number of benzene rings is 2. The maximum Gasteiger partial charge on any atom is 0.201 e. The molecule has 1 unspecified atom stereocenters. The molecule has 24 heavy (non-hydrogen) atoms.